The second-order valence-electron chi connectivity index (χ2n) is 19.6. The van der Waals surface area contributed by atoms with Crippen molar-refractivity contribution in [2.24, 2.45) is 0 Å². The molecule has 0 amide bonds. The Morgan fingerprint density at radius 2 is 1.18 bits per heavy atom. The van der Waals surface area contributed by atoms with Crippen LogP contribution < -0.4 is 9.30 Å². The van der Waals surface area contributed by atoms with Gasteiger partial charge in [-0.3, -0.25) is 18.7 Å². The van der Waals surface area contributed by atoms with Crippen molar-refractivity contribution in [2.75, 3.05) is 0 Å². The quantitative estimate of drug-likeness (QED) is 0.107. The molecule has 362 valence electrons. The second-order valence-corrected chi connectivity index (χ2v) is 20.7. The summed E-state index contributed by atoms with van der Waals surface area (Å²) in [7, 11) is 0. The predicted octanol–water partition coefficient (Wildman–Crippen LogP) is 17.7. The number of pyridine rings is 2. The van der Waals surface area contributed by atoms with Crippen molar-refractivity contribution in [3.63, 3.8) is 0 Å². The van der Waals surface area contributed by atoms with Gasteiger partial charge < -0.3 is 4.74 Å². The van der Waals surface area contributed by atoms with Gasteiger partial charge in [0.15, 0.2) is 0 Å². The minimum atomic E-state index is -0.580. The number of para-hydroxylation sites is 4. The highest BCUT2D eigenvalue weighted by Crippen LogP contribution is 2.44. The molecule has 0 aliphatic rings. The molecule has 6 nitrogen and oxygen atoms in total. The number of nitrogens with zero attached hydrogens (tertiary/aromatic N) is 5. The van der Waals surface area contributed by atoms with E-state index in [0.29, 0.717) is 28.2 Å². The fourth-order valence-electron chi connectivity index (χ4n) is 10.5. The molecule has 76 heavy (non-hydrogen) atoms. The summed E-state index contributed by atoms with van der Waals surface area (Å²) in [6.45, 7) is 6.56. The summed E-state index contributed by atoms with van der Waals surface area (Å²) in [4.78, 5) is 9.99. The number of benzene rings is 9. The number of rotatable bonds is 9. The molecule has 0 atom stereocenters. The second kappa shape index (κ2) is 18.2. The number of thiophene rings is 1. The summed E-state index contributed by atoms with van der Waals surface area (Å²) in [6.07, 6.45) is 7.29. The van der Waals surface area contributed by atoms with Crippen molar-refractivity contribution in [3.05, 3.63) is 255 Å². The van der Waals surface area contributed by atoms with Crippen LogP contribution in [0.5, 0.6) is 11.5 Å². The lowest BCUT2D eigenvalue weighted by atomic mass is 9.88. The first-order valence-electron chi connectivity index (χ1n) is 29.9. The molecule has 5 heterocycles. The molecule has 14 aromatic rings. The summed E-state index contributed by atoms with van der Waals surface area (Å²) in [5.74, 6) is 1.79. The molecule has 0 saturated carbocycles. The molecule has 0 aliphatic heterocycles. The number of fused-ring (bicyclic) bond motifs is 7. The number of imidazole rings is 1. The lowest BCUT2D eigenvalue weighted by Crippen LogP contribution is -2.31. The van der Waals surface area contributed by atoms with Gasteiger partial charge in [0.25, 0.3) is 6.33 Å². The van der Waals surface area contributed by atoms with E-state index >= 15 is 0 Å². The van der Waals surface area contributed by atoms with Crippen molar-refractivity contribution in [2.45, 2.75) is 26.2 Å². The third-order valence-electron chi connectivity index (χ3n) is 14.0. The standard InChI is InChI=1S/C69H49N5OS/c1-69(2,3)48-35-37-70-65(41-48)74-60-29-14-12-24-55(60)56-34-33-50(43-63(56)74)75-51-40-47(52-23-10-11-26-58(52)66-68-59(36-38-71-66)57-25-13-17-32-64(57)76-68)39-49(42-51)72-44-73(62-31-16-15-30-61(62)72)67-53(45-19-6-4-7-20-45)27-18-28-54(67)46-21-8-5-9-22-46/h4-43H,1-3H3/i4D,5D,6D,7D,8D,9D,19D,20D,21D,22D. The Kier molecular flexibility index (Phi) is 8.54. The molecule has 9 aromatic carbocycles. The van der Waals surface area contributed by atoms with Crippen LogP contribution in [0.4, 0.5) is 0 Å². The minimum Gasteiger partial charge on any atom is -0.458 e. The van der Waals surface area contributed by atoms with Crippen LogP contribution in [0.2, 0.25) is 0 Å². The first kappa shape index (κ1) is 35.7. The minimum absolute atomic E-state index is 0.130. The van der Waals surface area contributed by atoms with Gasteiger partial charge in [0.05, 0.1) is 57.5 Å². The SMILES string of the molecule is [2H]c1c([2H])c([2H])c(-c2cccc(-c3c([2H])c([2H])c([2H])c([2H])c3[2H])c2-[n+]2[c-]n(-c3cc(Oc4ccc5c6ccccc6n(-c6cc(C(C)(C)C)ccn6)c5c4)cc(-c4ccccc4-c4nccc5c4sc4ccccc45)c3)c3ccccc32)c([2H])c1[2H]. The molecule has 14 rings (SSSR count). The zero-order valence-corrected chi connectivity index (χ0v) is 42.2. The molecule has 0 N–H and O–H groups in total. The lowest BCUT2D eigenvalue weighted by Gasteiger charge is -2.20. The average Bonchev–Trinajstić information content (AvgIpc) is 1.45. The molecule has 7 heteroatoms. The Labute approximate surface area is 458 Å². The highest BCUT2D eigenvalue weighted by molar-refractivity contribution is 7.26. The van der Waals surface area contributed by atoms with E-state index in [4.69, 9.17) is 22.9 Å². The van der Waals surface area contributed by atoms with Gasteiger partial charge >= 0.3 is 0 Å². The highest BCUT2D eigenvalue weighted by Gasteiger charge is 2.23. The van der Waals surface area contributed by atoms with E-state index in [1.54, 1.807) is 34.1 Å². The molecular weight excluding hydrogens is 947 g/mol. The monoisotopic (exact) mass is 1010 g/mol. The van der Waals surface area contributed by atoms with E-state index < -0.39 is 60.4 Å². The van der Waals surface area contributed by atoms with Crippen LogP contribution in [-0.4, -0.2) is 19.1 Å². The number of hydrogen-bond acceptors (Lipinski definition) is 4. The summed E-state index contributed by atoms with van der Waals surface area (Å²) in [5.41, 5.74) is 8.07. The zero-order chi connectivity index (χ0) is 59.6. The van der Waals surface area contributed by atoms with Crippen molar-refractivity contribution in [1.82, 2.24) is 19.1 Å². The maximum atomic E-state index is 9.24. The Morgan fingerprint density at radius 3 is 1.96 bits per heavy atom. The van der Waals surface area contributed by atoms with Gasteiger partial charge in [-0.1, -0.05) is 184 Å². The van der Waals surface area contributed by atoms with Crippen LogP contribution >= 0.6 is 11.3 Å². The van der Waals surface area contributed by atoms with Gasteiger partial charge in [-0.15, -0.1) is 11.3 Å². The zero-order valence-electron chi connectivity index (χ0n) is 51.4. The van der Waals surface area contributed by atoms with Crippen LogP contribution in [0, 0.1) is 6.33 Å². The molecule has 0 unspecified atom stereocenters. The largest absolute Gasteiger partial charge is 0.458 e. The smallest absolute Gasteiger partial charge is 0.269 e. The normalized spacial score (nSPS) is 13.7. The lowest BCUT2D eigenvalue weighted by molar-refractivity contribution is -0.571. The molecule has 0 radical (unpaired) electrons. The fourth-order valence-corrected chi connectivity index (χ4v) is 11.7. The first-order chi connectivity index (χ1) is 41.5. The van der Waals surface area contributed by atoms with E-state index in [0.717, 1.165) is 75.7 Å². The van der Waals surface area contributed by atoms with Crippen molar-refractivity contribution >= 4 is 64.3 Å². The molecular formula is C69H49N5OS. The summed E-state index contributed by atoms with van der Waals surface area (Å²) >= 11 is 1.69. The Hall–Kier alpha value is -9.43. The van der Waals surface area contributed by atoms with Gasteiger partial charge in [-0.2, -0.15) is 0 Å². The van der Waals surface area contributed by atoms with E-state index in [-0.39, 0.29) is 33.4 Å². The molecule has 0 aliphatic carbocycles. The molecule has 0 saturated heterocycles. The predicted molar refractivity (Wildman–Crippen MR) is 313 cm³/mol. The fraction of sp³-hybridized carbons (Fsp3) is 0.0580. The van der Waals surface area contributed by atoms with Crippen molar-refractivity contribution in [3.8, 4) is 73.3 Å². The van der Waals surface area contributed by atoms with E-state index in [1.807, 2.05) is 108 Å². The van der Waals surface area contributed by atoms with Gasteiger partial charge in [0.1, 0.15) is 17.3 Å². The third kappa shape index (κ3) is 7.74. The van der Waals surface area contributed by atoms with Gasteiger partial charge in [-0.25, -0.2) is 4.98 Å². The van der Waals surface area contributed by atoms with Crippen LogP contribution in [0.25, 0.3) is 115 Å². The van der Waals surface area contributed by atoms with Gasteiger partial charge in [-0.05, 0) is 105 Å². The van der Waals surface area contributed by atoms with Gasteiger partial charge in [0, 0.05) is 50.3 Å². The van der Waals surface area contributed by atoms with Crippen LogP contribution in [0.1, 0.15) is 40.0 Å². The summed E-state index contributed by atoms with van der Waals surface area (Å²) in [5, 5.41) is 4.32. The van der Waals surface area contributed by atoms with E-state index in [9.17, 15) is 5.48 Å². The topological polar surface area (TPSA) is 48.8 Å². The molecule has 5 aromatic heterocycles. The molecule has 0 bridgehead atoms. The summed E-state index contributed by atoms with van der Waals surface area (Å²) in [6, 6.07) is 50.0. The number of aromatic nitrogens is 5. The first-order valence-corrected chi connectivity index (χ1v) is 25.7. The highest BCUT2D eigenvalue weighted by atomic mass is 32.1. The van der Waals surface area contributed by atoms with Crippen LogP contribution in [0.15, 0.2) is 243 Å². The van der Waals surface area contributed by atoms with Crippen molar-refractivity contribution in [1.29, 1.82) is 0 Å². The summed E-state index contributed by atoms with van der Waals surface area (Å²) < 4.78 is 104. The Bertz CT molecular complexity index is 5030. The molecule has 0 fully saturated rings. The number of ether oxygens (including phenoxy) is 1. The van der Waals surface area contributed by atoms with Gasteiger partial charge in [0.2, 0.25) is 0 Å². The van der Waals surface area contributed by atoms with E-state index in [2.05, 4.69) is 92.3 Å². The molecule has 0 spiro atoms. The van der Waals surface area contributed by atoms with Crippen LogP contribution in [-0.2, 0) is 5.41 Å². The van der Waals surface area contributed by atoms with Crippen LogP contribution in [0.3, 0.4) is 0 Å². The Morgan fingerprint density at radius 1 is 0.526 bits per heavy atom. The van der Waals surface area contributed by atoms with E-state index in [1.165, 1.54) is 0 Å². The average molecular weight is 1010 g/mol. The maximum Gasteiger partial charge on any atom is 0.269 e. The van der Waals surface area contributed by atoms with Crippen molar-refractivity contribution < 1.29 is 23.0 Å². The third-order valence-corrected chi connectivity index (χ3v) is 15.2. The maximum absolute atomic E-state index is 9.24. The Balaban J connectivity index is 1.03. The number of hydrogen-bond donors (Lipinski definition) is 0.